The summed E-state index contributed by atoms with van der Waals surface area (Å²) in [4.78, 5) is 0. The maximum Gasteiger partial charge on any atom is 0.216 e. The monoisotopic (exact) mass is 406 g/mol. The number of hydrogen-bond acceptors (Lipinski definition) is 4. The number of hydrogen-bond donors (Lipinski definition) is 1. The van der Waals surface area contributed by atoms with Gasteiger partial charge in [-0.05, 0) is 36.8 Å². The lowest BCUT2D eigenvalue weighted by atomic mass is 9.96. The van der Waals surface area contributed by atoms with Crippen LogP contribution in [0.2, 0.25) is 5.15 Å². The second-order valence-corrected chi connectivity index (χ2v) is 7.98. The maximum absolute atomic E-state index is 13.1. The summed E-state index contributed by atoms with van der Waals surface area (Å²) in [6, 6.07) is 6.24. The quantitative estimate of drug-likeness (QED) is 0.513. The lowest BCUT2D eigenvalue weighted by Crippen LogP contribution is -2.17. The molecule has 2 aromatic heterocycles. The number of halogens is 2. The smallest absolute Gasteiger partial charge is 0.216 e. The molecule has 1 aromatic carbocycles. The number of aromatic nitrogens is 5. The molecule has 1 N–H and O–H groups in total. The number of rotatable bonds is 4. The summed E-state index contributed by atoms with van der Waals surface area (Å²) < 4.78 is 16.7. The van der Waals surface area contributed by atoms with Gasteiger partial charge in [0, 0.05) is 5.41 Å². The van der Waals surface area contributed by atoms with Gasteiger partial charge in [0.1, 0.15) is 11.0 Å². The lowest BCUT2D eigenvalue weighted by Gasteiger charge is -2.15. The van der Waals surface area contributed by atoms with Crippen molar-refractivity contribution in [1.29, 1.82) is 0 Å². The minimum absolute atomic E-state index is 0.226. The fourth-order valence-corrected chi connectivity index (χ4v) is 3.04. The van der Waals surface area contributed by atoms with Crippen LogP contribution in [0.15, 0.2) is 29.4 Å². The number of H-pyrrole nitrogens is 1. The second-order valence-electron chi connectivity index (χ2n) is 7.23. The van der Waals surface area contributed by atoms with E-state index >= 15 is 0 Å². The average molecular weight is 407 g/mol. The Hall–Kier alpha value is -2.32. The molecule has 0 radical (unpaired) electrons. The normalized spacial score (nSPS) is 12.2. The predicted octanol–water partition coefficient (Wildman–Crippen LogP) is 4.47. The van der Waals surface area contributed by atoms with Crippen molar-refractivity contribution in [3.63, 3.8) is 0 Å². The van der Waals surface area contributed by atoms with E-state index in [0.29, 0.717) is 22.0 Å². The molecule has 0 saturated heterocycles. The van der Waals surface area contributed by atoms with Crippen molar-refractivity contribution in [1.82, 2.24) is 24.7 Å². The van der Waals surface area contributed by atoms with Crippen molar-refractivity contribution in [2.45, 2.75) is 39.7 Å². The highest BCUT2D eigenvalue weighted by Crippen LogP contribution is 2.22. The largest absolute Gasteiger partial charge is 0.250 e. The first kappa shape index (κ1) is 19.4. The highest BCUT2D eigenvalue weighted by Gasteiger charge is 2.21. The molecule has 0 fully saturated rings. The molecular weight excluding hydrogens is 387 g/mol. The Kier molecular flexibility index (Phi) is 5.30. The van der Waals surface area contributed by atoms with Crippen molar-refractivity contribution < 1.29 is 4.39 Å². The van der Waals surface area contributed by atoms with Crippen LogP contribution in [0.1, 0.15) is 43.4 Å². The molecular formula is C18H20ClFN6S. The minimum Gasteiger partial charge on any atom is -0.250 e. The first-order valence-corrected chi connectivity index (χ1v) is 9.15. The molecule has 0 aliphatic carbocycles. The Labute approximate surface area is 166 Å². The molecule has 3 rings (SSSR count). The second kappa shape index (κ2) is 7.36. The Morgan fingerprint density at radius 3 is 2.59 bits per heavy atom. The fraction of sp³-hybridized carbons (Fsp3) is 0.333. The van der Waals surface area contributed by atoms with Crippen molar-refractivity contribution in [2.24, 2.45) is 5.10 Å². The van der Waals surface area contributed by atoms with Crippen molar-refractivity contribution in [3.8, 4) is 0 Å². The van der Waals surface area contributed by atoms with Gasteiger partial charge in [-0.2, -0.15) is 20.0 Å². The zero-order valence-electron chi connectivity index (χ0n) is 15.5. The number of benzene rings is 1. The van der Waals surface area contributed by atoms with E-state index in [1.165, 1.54) is 12.1 Å². The van der Waals surface area contributed by atoms with Gasteiger partial charge in [0.05, 0.1) is 24.0 Å². The predicted molar refractivity (Wildman–Crippen MR) is 107 cm³/mol. The third-order valence-electron chi connectivity index (χ3n) is 3.98. The van der Waals surface area contributed by atoms with E-state index in [-0.39, 0.29) is 11.2 Å². The van der Waals surface area contributed by atoms with E-state index in [1.807, 2.05) is 27.7 Å². The van der Waals surface area contributed by atoms with Crippen LogP contribution in [0, 0.1) is 17.5 Å². The molecule has 0 aliphatic rings. The lowest BCUT2D eigenvalue weighted by molar-refractivity contribution is 0.516. The first-order chi connectivity index (χ1) is 12.7. The molecule has 142 valence electrons. The summed E-state index contributed by atoms with van der Waals surface area (Å²) in [5.41, 5.74) is 2.10. The number of nitrogens with one attached hydrogen (secondary N) is 1. The van der Waals surface area contributed by atoms with Gasteiger partial charge >= 0.3 is 0 Å². The highest BCUT2D eigenvalue weighted by atomic mass is 35.5. The molecule has 0 atom stereocenters. The zero-order chi connectivity index (χ0) is 19.8. The van der Waals surface area contributed by atoms with Crippen LogP contribution >= 0.6 is 23.8 Å². The number of aryl methyl sites for hydroxylation is 1. The number of nitrogens with zero attached hydrogens (tertiary/aromatic N) is 5. The summed E-state index contributed by atoms with van der Waals surface area (Å²) in [6.07, 6.45) is 1.63. The van der Waals surface area contributed by atoms with Crippen molar-refractivity contribution in [2.75, 3.05) is 0 Å². The van der Waals surface area contributed by atoms with Crippen LogP contribution in [0.25, 0.3) is 0 Å². The molecule has 9 heteroatoms. The van der Waals surface area contributed by atoms with Crippen LogP contribution in [0.3, 0.4) is 0 Å². The van der Waals surface area contributed by atoms with E-state index < -0.39 is 0 Å². The van der Waals surface area contributed by atoms with Crippen molar-refractivity contribution in [3.05, 3.63) is 62.7 Å². The highest BCUT2D eigenvalue weighted by molar-refractivity contribution is 7.71. The molecule has 0 spiro atoms. The van der Waals surface area contributed by atoms with Crippen LogP contribution in [0.4, 0.5) is 4.39 Å². The van der Waals surface area contributed by atoms with Gasteiger partial charge in [0.25, 0.3) is 0 Å². The van der Waals surface area contributed by atoms with Crippen LogP contribution in [-0.2, 0) is 12.0 Å². The maximum atomic E-state index is 13.1. The third-order valence-corrected chi connectivity index (χ3v) is 4.64. The van der Waals surface area contributed by atoms with Crippen LogP contribution in [0.5, 0.6) is 0 Å². The molecule has 6 nitrogen and oxygen atoms in total. The van der Waals surface area contributed by atoms with E-state index in [9.17, 15) is 4.39 Å². The van der Waals surface area contributed by atoms with Crippen LogP contribution in [-0.4, -0.2) is 30.9 Å². The standard InChI is InChI=1S/C18H20ClFN6S/c1-11-14(9-21-26-16(18(2,3)4)22-23-17(26)27)15(19)25(24-11)10-12-5-7-13(20)8-6-12/h5-9H,10H2,1-4H3,(H,23,27)/b21-9+. The third kappa shape index (κ3) is 4.17. The fourth-order valence-electron chi connectivity index (χ4n) is 2.58. The average Bonchev–Trinajstić information content (AvgIpc) is 3.08. The van der Waals surface area contributed by atoms with Gasteiger partial charge < -0.3 is 0 Å². The molecule has 0 aliphatic heterocycles. The molecule has 0 amide bonds. The van der Waals surface area contributed by atoms with E-state index in [4.69, 9.17) is 23.8 Å². The topological polar surface area (TPSA) is 63.8 Å². The van der Waals surface area contributed by atoms with Gasteiger partial charge in [-0.25, -0.2) is 9.07 Å². The molecule has 2 heterocycles. The van der Waals surface area contributed by atoms with E-state index in [2.05, 4.69) is 20.4 Å². The Morgan fingerprint density at radius 1 is 1.30 bits per heavy atom. The summed E-state index contributed by atoms with van der Waals surface area (Å²) in [6.45, 7) is 8.38. The van der Waals surface area contributed by atoms with E-state index in [1.54, 1.807) is 27.7 Å². The zero-order valence-corrected chi connectivity index (χ0v) is 17.1. The Morgan fingerprint density at radius 2 is 1.96 bits per heavy atom. The Balaban J connectivity index is 1.92. The summed E-state index contributed by atoms with van der Waals surface area (Å²) in [7, 11) is 0. The molecule has 0 unspecified atom stereocenters. The van der Waals surface area contributed by atoms with Gasteiger partial charge in [0.2, 0.25) is 4.77 Å². The van der Waals surface area contributed by atoms with Crippen LogP contribution < -0.4 is 0 Å². The van der Waals surface area contributed by atoms with E-state index in [0.717, 1.165) is 17.1 Å². The van der Waals surface area contributed by atoms with Gasteiger partial charge in [-0.1, -0.05) is 44.5 Å². The summed E-state index contributed by atoms with van der Waals surface area (Å²) >= 11 is 11.8. The molecule has 0 saturated carbocycles. The van der Waals surface area contributed by atoms with Gasteiger partial charge in [0.15, 0.2) is 5.82 Å². The molecule has 0 bridgehead atoms. The first-order valence-electron chi connectivity index (χ1n) is 8.36. The number of aromatic amines is 1. The molecule has 27 heavy (non-hydrogen) atoms. The van der Waals surface area contributed by atoms with Gasteiger partial charge in [-0.3, -0.25) is 5.10 Å². The molecule has 3 aromatic rings. The van der Waals surface area contributed by atoms with Gasteiger partial charge in [-0.15, -0.1) is 0 Å². The summed E-state index contributed by atoms with van der Waals surface area (Å²) in [5, 5.41) is 16.4. The minimum atomic E-state index is -0.277. The SMILES string of the molecule is Cc1nn(Cc2ccc(F)cc2)c(Cl)c1/C=N/n1c(C(C)(C)C)n[nH]c1=S. The Bertz CT molecular complexity index is 1040. The summed E-state index contributed by atoms with van der Waals surface area (Å²) in [5.74, 6) is 0.442. The van der Waals surface area contributed by atoms with Crippen molar-refractivity contribution >= 4 is 30.0 Å².